The molecule has 10 heteroatoms. The van der Waals surface area contributed by atoms with Gasteiger partial charge in [-0.15, -0.1) is 0 Å². The van der Waals surface area contributed by atoms with Gasteiger partial charge in [0, 0.05) is 19.3 Å². The number of nitrogens with one attached hydrogen (secondary N) is 1. The Morgan fingerprint density at radius 3 is 2.53 bits per heavy atom. The number of hydrogen-bond acceptors (Lipinski definition) is 5. The van der Waals surface area contributed by atoms with E-state index in [2.05, 4.69) is 26.9 Å². The minimum Gasteiger partial charge on any atom is -0.376 e. The Morgan fingerprint density at radius 2 is 1.82 bits per heavy atom. The summed E-state index contributed by atoms with van der Waals surface area (Å²) in [6, 6.07) is 5.50. The first kappa shape index (κ1) is 23.2. The summed E-state index contributed by atoms with van der Waals surface area (Å²) in [7, 11) is 0. The van der Waals surface area contributed by atoms with Crippen LogP contribution < -0.4 is 11.2 Å². The van der Waals surface area contributed by atoms with Crippen molar-refractivity contribution in [3.05, 3.63) is 68.9 Å². The lowest BCUT2D eigenvalue weighted by molar-refractivity contribution is 0.238. The summed E-state index contributed by atoms with van der Waals surface area (Å²) in [6.07, 6.45) is 3.65. The lowest BCUT2D eigenvalue weighted by Gasteiger charge is -2.09. The highest BCUT2D eigenvalue weighted by Crippen LogP contribution is 2.18. The molecule has 176 valence electrons. The zero-order valence-electron chi connectivity index (χ0n) is 19.0. The number of aryl methyl sites for hydroxylation is 1. The average molecular weight is 465 g/mol. The van der Waals surface area contributed by atoms with Gasteiger partial charge in [-0.05, 0) is 30.5 Å². The molecule has 1 unspecified atom stereocenters. The van der Waals surface area contributed by atoms with Crippen LogP contribution in [0, 0.1) is 17.7 Å². The number of halogens is 1. The number of aromatic nitrogens is 6. The molecule has 0 aliphatic heterocycles. The molecule has 3 heterocycles. The summed E-state index contributed by atoms with van der Waals surface area (Å²) in [5.74, 6) is 5.60. The van der Waals surface area contributed by atoms with Crippen LogP contribution in [0.3, 0.4) is 0 Å². The summed E-state index contributed by atoms with van der Waals surface area (Å²) in [5.41, 5.74) is 1.00. The van der Waals surface area contributed by atoms with E-state index in [1.807, 2.05) is 13.8 Å². The van der Waals surface area contributed by atoms with E-state index in [1.54, 1.807) is 17.1 Å². The maximum atomic E-state index is 13.0. The molecule has 0 saturated carbocycles. The zero-order chi connectivity index (χ0) is 24.2. The first-order chi connectivity index (χ1) is 16.4. The Hall–Kier alpha value is -3.97. The largest absolute Gasteiger partial charge is 0.376 e. The second-order valence-corrected chi connectivity index (χ2v) is 7.88. The number of rotatable bonds is 7. The number of aliphatic hydroxyl groups is 1. The van der Waals surface area contributed by atoms with Gasteiger partial charge in [-0.25, -0.2) is 14.2 Å². The lowest BCUT2D eigenvalue weighted by atomic mass is 10.1. The van der Waals surface area contributed by atoms with Crippen molar-refractivity contribution in [2.24, 2.45) is 0 Å². The van der Waals surface area contributed by atoms with Gasteiger partial charge >= 0.3 is 5.69 Å². The molecule has 0 bridgehead atoms. The number of hydrogen-bond donors (Lipinski definition) is 2. The van der Waals surface area contributed by atoms with Crippen LogP contribution in [-0.2, 0) is 19.6 Å². The van der Waals surface area contributed by atoms with Crippen molar-refractivity contribution < 1.29 is 9.50 Å². The predicted molar refractivity (Wildman–Crippen MR) is 126 cm³/mol. The second kappa shape index (κ2) is 9.89. The fraction of sp³-hybridized carbons (Fsp3) is 0.333. The summed E-state index contributed by atoms with van der Waals surface area (Å²) in [6.45, 7) is 4.87. The van der Waals surface area contributed by atoms with E-state index >= 15 is 0 Å². The number of imidazole rings is 1. The summed E-state index contributed by atoms with van der Waals surface area (Å²) >= 11 is 0. The minimum absolute atomic E-state index is 0.211. The fourth-order valence-electron chi connectivity index (χ4n) is 3.67. The Kier molecular flexibility index (Phi) is 6.75. The molecule has 1 aromatic carbocycles. The van der Waals surface area contributed by atoms with Gasteiger partial charge in [0.05, 0.1) is 11.8 Å². The Labute approximate surface area is 194 Å². The van der Waals surface area contributed by atoms with Crippen molar-refractivity contribution in [3.8, 4) is 23.2 Å². The van der Waals surface area contributed by atoms with Crippen LogP contribution in [0.2, 0.25) is 0 Å². The molecular formula is C24H25FN6O3. The second-order valence-electron chi connectivity index (χ2n) is 7.88. The van der Waals surface area contributed by atoms with Crippen molar-refractivity contribution in [2.45, 2.75) is 52.4 Å². The molecule has 4 aromatic rings. The normalized spacial score (nSPS) is 12.0. The van der Waals surface area contributed by atoms with Gasteiger partial charge in [0.25, 0.3) is 5.56 Å². The SMILES string of the molecule is CCCn1c(=O)c2[nH]c(-c3cnn(CC#CC(O)c4ccc(F)cc4)c3)nc2n(CCC)c1=O. The van der Waals surface area contributed by atoms with Gasteiger partial charge in [-0.1, -0.05) is 37.8 Å². The molecule has 0 amide bonds. The Balaban J connectivity index is 1.60. The van der Waals surface area contributed by atoms with Gasteiger partial charge in [-0.2, -0.15) is 5.10 Å². The van der Waals surface area contributed by atoms with Crippen molar-refractivity contribution in [2.75, 3.05) is 0 Å². The number of nitrogens with zero attached hydrogens (tertiary/aromatic N) is 5. The van der Waals surface area contributed by atoms with E-state index in [0.717, 1.165) is 6.42 Å². The van der Waals surface area contributed by atoms with Crippen LogP contribution in [0.15, 0.2) is 46.2 Å². The van der Waals surface area contributed by atoms with E-state index < -0.39 is 6.10 Å². The first-order valence-electron chi connectivity index (χ1n) is 11.1. The standard InChI is InChI=1S/C24H25FN6O3/c1-3-11-30-22-20(23(33)31(12-4-2)24(30)34)27-21(28-22)17-14-26-29(15-17)13-5-6-19(32)16-7-9-18(25)10-8-16/h7-10,14-15,19,32H,3-4,11-13H2,1-2H3,(H,27,28). The third-order valence-corrected chi connectivity index (χ3v) is 5.33. The van der Waals surface area contributed by atoms with Crippen molar-refractivity contribution in [1.82, 2.24) is 28.9 Å². The maximum Gasteiger partial charge on any atom is 0.332 e. The molecule has 9 nitrogen and oxygen atoms in total. The van der Waals surface area contributed by atoms with Gasteiger partial charge in [0.15, 0.2) is 5.65 Å². The van der Waals surface area contributed by atoms with Crippen molar-refractivity contribution in [3.63, 3.8) is 0 Å². The molecule has 0 aliphatic carbocycles. The number of aliphatic hydroxyl groups excluding tert-OH is 1. The molecule has 4 rings (SSSR count). The number of H-pyrrole nitrogens is 1. The van der Waals surface area contributed by atoms with Crippen LogP contribution >= 0.6 is 0 Å². The third-order valence-electron chi connectivity index (χ3n) is 5.33. The van der Waals surface area contributed by atoms with Crippen molar-refractivity contribution >= 4 is 11.2 Å². The molecule has 0 saturated heterocycles. The van der Waals surface area contributed by atoms with Crippen molar-refractivity contribution in [1.29, 1.82) is 0 Å². The van der Waals surface area contributed by atoms with Crippen LogP contribution in [0.4, 0.5) is 4.39 Å². The molecule has 1 atom stereocenters. The Morgan fingerprint density at radius 1 is 1.12 bits per heavy atom. The summed E-state index contributed by atoms with van der Waals surface area (Å²) in [5, 5.41) is 14.4. The molecule has 0 radical (unpaired) electrons. The highest BCUT2D eigenvalue weighted by atomic mass is 19.1. The van der Waals surface area contributed by atoms with Gasteiger partial charge < -0.3 is 10.1 Å². The topological polar surface area (TPSA) is 111 Å². The lowest BCUT2D eigenvalue weighted by Crippen LogP contribution is -2.40. The van der Waals surface area contributed by atoms with Gasteiger partial charge in [0.2, 0.25) is 0 Å². The number of fused-ring (bicyclic) bond motifs is 1. The van der Waals surface area contributed by atoms with Crippen LogP contribution in [0.5, 0.6) is 0 Å². The first-order valence-corrected chi connectivity index (χ1v) is 11.1. The number of benzene rings is 1. The van der Waals surface area contributed by atoms with E-state index in [4.69, 9.17) is 0 Å². The molecule has 0 fully saturated rings. The smallest absolute Gasteiger partial charge is 0.332 e. The predicted octanol–water partition coefficient (Wildman–Crippen LogP) is 2.45. The van der Waals surface area contributed by atoms with E-state index in [9.17, 15) is 19.1 Å². The fourth-order valence-corrected chi connectivity index (χ4v) is 3.67. The highest BCUT2D eigenvalue weighted by molar-refractivity contribution is 5.75. The van der Waals surface area contributed by atoms with E-state index in [1.165, 1.54) is 33.4 Å². The molecule has 3 aromatic heterocycles. The molecule has 34 heavy (non-hydrogen) atoms. The van der Waals surface area contributed by atoms with Crippen LogP contribution in [-0.4, -0.2) is 34.0 Å². The van der Waals surface area contributed by atoms with Crippen LogP contribution in [0.1, 0.15) is 38.4 Å². The van der Waals surface area contributed by atoms with Gasteiger partial charge in [0.1, 0.15) is 29.8 Å². The van der Waals surface area contributed by atoms with E-state index in [0.29, 0.717) is 42.1 Å². The van der Waals surface area contributed by atoms with E-state index in [-0.39, 0.29) is 29.1 Å². The molecule has 2 N–H and O–H groups in total. The molecular weight excluding hydrogens is 439 g/mol. The Bertz CT molecular complexity index is 1480. The minimum atomic E-state index is -1.04. The number of aromatic amines is 1. The maximum absolute atomic E-state index is 13.0. The molecule has 0 aliphatic rings. The average Bonchev–Trinajstić information content (AvgIpc) is 3.47. The monoisotopic (exact) mass is 464 g/mol. The quantitative estimate of drug-likeness (QED) is 0.408. The van der Waals surface area contributed by atoms with Crippen LogP contribution in [0.25, 0.3) is 22.6 Å². The zero-order valence-corrected chi connectivity index (χ0v) is 19.0. The molecule has 0 spiro atoms. The van der Waals surface area contributed by atoms with Gasteiger partial charge in [-0.3, -0.25) is 18.6 Å². The summed E-state index contributed by atoms with van der Waals surface area (Å²) in [4.78, 5) is 33.3. The third kappa shape index (κ3) is 4.56. The highest BCUT2D eigenvalue weighted by Gasteiger charge is 2.18. The summed E-state index contributed by atoms with van der Waals surface area (Å²) < 4.78 is 17.4.